The largest absolute Gasteiger partial charge is 0.338 e. The van der Waals surface area contributed by atoms with E-state index in [0.717, 1.165) is 12.8 Å². The highest BCUT2D eigenvalue weighted by Gasteiger charge is 2.40. The van der Waals surface area contributed by atoms with Gasteiger partial charge in [-0.1, -0.05) is 6.92 Å². The van der Waals surface area contributed by atoms with Crippen LogP contribution in [0.1, 0.15) is 33.1 Å². The molecule has 0 spiro atoms. The summed E-state index contributed by atoms with van der Waals surface area (Å²) in [7, 11) is 0. The van der Waals surface area contributed by atoms with Gasteiger partial charge in [-0.15, -0.1) is 0 Å². The van der Waals surface area contributed by atoms with Crippen LogP contribution in [0.2, 0.25) is 0 Å². The number of nitrogens with two attached hydrogens (primary N) is 1. The van der Waals surface area contributed by atoms with E-state index in [4.69, 9.17) is 5.73 Å². The molecule has 2 fully saturated rings. The lowest BCUT2D eigenvalue weighted by Crippen LogP contribution is -2.57. The molecule has 0 aromatic carbocycles. The van der Waals surface area contributed by atoms with E-state index in [1.807, 2.05) is 23.6 Å². The molecule has 0 aromatic rings. The molecule has 2 amide bonds. The van der Waals surface area contributed by atoms with Gasteiger partial charge in [-0.3, -0.25) is 9.59 Å². The zero-order valence-electron chi connectivity index (χ0n) is 11.3. The van der Waals surface area contributed by atoms with Crippen LogP contribution in [0.25, 0.3) is 0 Å². The predicted molar refractivity (Wildman–Crippen MR) is 68.8 cm³/mol. The number of piperazine rings is 1. The fourth-order valence-corrected chi connectivity index (χ4v) is 2.81. The average molecular weight is 253 g/mol. The van der Waals surface area contributed by atoms with Crippen LogP contribution in [-0.2, 0) is 9.59 Å². The van der Waals surface area contributed by atoms with E-state index in [9.17, 15) is 9.59 Å². The topological polar surface area (TPSA) is 66.6 Å². The van der Waals surface area contributed by atoms with Crippen molar-refractivity contribution in [3.63, 3.8) is 0 Å². The first kappa shape index (κ1) is 13.3. The van der Waals surface area contributed by atoms with Gasteiger partial charge in [0.15, 0.2) is 0 Å². The first-order valence-corrected chi connectivity index (χ1v) is 6.80. The van der Waals surface area contributed by atoms with E-state index >= 15 is 0 Å². The van der Waals surface area contributed by atoms with Crippen molar-refractivity contribution in [3.8, 4) is 0 Å². The standard InChI is InChI=1S/C13H23N3O2/c1-3-13(2,9-14)12(18)15-6-7-16-10(8-15)4-5-11(16)17/h10H,3-9,14H2,1-2H3. The number of hydrogen-bond donors (Lipinski definition) is 1. The molecule has 102 valence electrons. The van der Waals surface area contributed by atoms with Gasteiger partial charge in [-0.2, -0.15) is 0 Å². The Bertz CT molecular complexity index is 352. The van der Waals surface area contributed by atoms with Crippen molar-refractivity contribution in [3.05, 3.63) is 0 Å². The second-order valence-electron chi connectivity index (χ2n) is 5.65. The SMILES string of the molecule is CCC(C)(CN)C(=O)N1CCN2C(=O)CCC2C1. The molecule has 5 heteroatoms. The normalized spacial score (nSPS) is 27.1. The van der Waals surface area contributed by atoms with Crippen molar-refractivity contribution in [1.82, 2.24) is 9.80 Å². The van der Waals surface area contributed by atoms with Crippen molar-refractivity contribution in [2.75, 3.05) is 26.2 Å². The third-order valence-electron chi connectivity index (χ3n) is 4.53. The van der Waals surface area contributed by atoms with Gasteiger partial charge >= 0.3 is 0 Å². The minimum atomic E-state index is -0.454. The van der Waals surface area contributed by atoms with Crippen molar-refractivity contribution >= 4 is 11.8 Å². The van der Waals surface area contributed by atoms with Gasteiger partial charge in [0.1, 0.15) is 0 Å². The molecule has 0 aliphatic carbocycles. The summed E-state index contributed by atoms with van der Waals surface area (Å²) < 4.78 is 0. The summed E-state index contributed by atoms with van der Waals surface area (Å²) in [5.41, 5.74) is 5.29. The van der Waals surface area contributed by atoms with Gasteiger partial charge in [0.25, 0.3) is 0 Å². The molecule has 2 aliphatic rings. The number of amides is 2. The number of carbonyl (C=O) groups excluding carboxylic acids is 2. The van der Waals surface area contributed by atoms with E-state index in [1.54, 1.807) is 0 Å². The molecule has 2 heterocycles. The zero-order chi connectivity index (χ0) is 13.3. The first-order chi connectivity index (χ1) is 8.51. The summed E-state index contributed by atoms with van der Waals surface area (Å²) in [6, 6.07) is 0.231. The fraction of sp³-hybridized carbons (Fsp3) is 0.846. The molecule has 0 bridgehead atoms. The van der Waals surface area contributed by atoms with Crippen LogP contribution < -0.4 is 5.73 Å². The molecule has 2 rings (SSSR count). The second-order valence-corrected chi connectivity index (χ2v) is 5.65. The van der Waals surface area contributed by atoms with Crippen LogP contribution in [0.5, 0.6) is 0 Å². The number of fused-ring (bicyclic) bond motifs is 1. The monoisotopic (exact) mass is 253 g/mol. The van der Waals surface area contributed by atoms with Crippen molar-refractivity contribution in [2.24, 2.45) is 11.1 Å². The van der Waals surface area contributed by atoms with Crippen molar-refractivity contribution in [1.29, 1.82) is 0 Å². The molecule has 0 saturated carbocycles. The molecule has 0 aromatic heterocycles. The Hall–Kier alpha value is -1.10. The van der Waals surface area contributed by atoms with Gasteiger partial charge in [0, 0.05) is 38.6 Å². The van der Waals surface area contributed by atoms with Gasteiger partial charge in [0.2, 0.25) is 11.8 Å². The number of hydrogen-bond acceptors (Lipinski definition) is 3. The quantitative estimate of drug-likeness (QED) is 0.781. The van der Waals surface area contributed by atoms with Gasteiger partial charge in [-0.05, 0) is 19.8 Å². The molecule has 2 aliphatic heterocycles. The summed E-state index contributed by atoms with van der Waals surface area (Å²) in [6.07, 6.45) is 2.27. The Kier molecular flexibility index (Phi) is 3.61. The molecule has 2 saturated heterocycles. The van der Waals surface area contributed by atoms with Crippen LogP contribution in [-0.4, -0.2) is 53.8 Å². The molecular weight excluding hydrogens is 230 g/mol. The number of carbonyl (C=O) groups is 2. The maximum Gasteiger partial charge on any atom is 0.229 e. The maximum atomic E-state index is 12.5. The van der Waals surface area contributed by atoms with Gasteiger partial charge < -0.3 is 15.5 Å². The van der Waals surface area contributed by atoms with E-state index in [-0.39, 0.29) is 17.9 Å². The summed E-state index contributed by atoms with van der Waals surface area (Å²) in [5.74, 6) is 0.385. The molecule has 2 unspecified atom stereocenters. The van der Waals surface area contributed by atoms with Gasteiger partial charge in [0.05, 0.1) is 5.41 Å². The Labute approximate surface area is 108 Å². The van der Waals surface area contributed by atoms with Crippen LogP contribution in [0.15, 0.2) is 0 Å². The van der Waals surface area contributed by atoms with Crippen LogP contribution in [0.3, 0.4) is 0 Å². The minimum Gasteiger partial charge on any atom is -0.338 e. The van der Waals surface area contributed by atoms with Gasteiger partial charge in [-0.25, -0.2) is 0 Å². The summed E-state index contributed by atoms with van der Waals surface area (Å²) >= 11 is 0. The highest BCUT2D eigenvalue weighted by atomic mass is 16.2. The summed E-state index contributed by atoms with van der Waals surface area (Å²) in [6.45, 7) is 6.32. The summed E-state index contributed by atoms with van der Waals surface area (Å²) in [5, 5.41) is 0. The molecule has 2 atom stereocenters. The highest BCUT2D eigenvalue weighted by molar-refractivity contribution is 5.84. The minimum absolute atomic E-state index is 0.145. The fourth-order valence-electron chi connectivity index (χ4n) is 2.81. The highest BCUT2D eigenvalue weighted by Crippen LogP contribution is 2.27. The van der Waals surface area contributed by atoms with Crippen LogP contribution >= 0.6 is 0 Å². The lowest BCUT2D eigenvalue weighted by atomic mass is 9.85. The van der Waals surface area contributed by atoms with Crippen LogP contribution in [0.4, 0.5) is 0 Å². The van der Waals surface area contributed by atoms with E-state index in [0.29, 0.717) is 32.6 Å². The number of nitrogens with zero attached hydrogens (tertiary/aromatic N) is 2. The van der Waals surface area contributed by atoms with Crippen LogP contribution in [0, 0.1) is 5.41 Å². The molecule has 18 heavy (non-hydrogen) atoms. The molecule has 2 N–H and O–H groups in total. The number of rotatable bonds is 3. The zero-order valence-corrected chi connectivity index (χ0v) is 11.3. The smallest absolute Gasteiger partial charge is 0.229 e. The molecule has 5 nitrogen and oxygen atoms in total. The lowest BCUT2D eigenvalue weighted by Gasteiger charge is -2.41. The summed E-state index contributed by atoms with van der Waals surface area (Å²) in [4.78, 5) is 27.9. The Morgan fingerprint density at radius 1 is 1.50 bits per heavy atom. The third kappa shape index (κ3) is 2.11. The Balaban J connectivity index is 2.04. The Morgan fingerprint density at radius 2 is 2.22 bits per heavy atom. The third-order valence-corrected chi connectivity index (χ3v) is 4.53. The molecular formula is C13H23N3O2. The first-order valence-electron chi connectivity index (χ1n) is 6.80. The van der Waals surface area contributed by atoms with E-state index in [2.05, 4.69) is 0 Å². The Morgan fingerprint density at radius 3 is 2.83 bits per heavy atom. The van der Waals surface area contributed by atoms with E-state index in [1.165, 1.54) is 0 Å². The average Bonchev–Trinajstić information content (AvgIpc) is 2.78. The van der Waals surface area contributed by atoms with Crippen molar-refractivity contribution < 1.29 is 9.59 Å². The second kappa shape index (κ2) is 4.88. The van der Waals surface area contributed by atoms with E-state index < -0.39 is 5.41 Å². The van der Waals surface area contributed by atoms with Crippen molar-refractivity contribution in [2.45, 2.75) is 39.2 Å². The molecule has 0 radical (unpaired) electrons. The predicted octanol–water partition coefficient (Wildman–Crippen LogP) is 0.195. The lowest BCUT2D eigenvalue weighted by molar-refractivity contribution is -0.146. The maximum absolute atomic E-state index is 12.5.